The van der Waals surface area contributed by atoms with E-state index in [0.29, 0.717) is 6.04 Å². The second-order valence-electron chi connectivity index (χ2n) is 6.46. The maximum atomic E-state index is 3.68. The number of likely N-dealkylation sites (tertiary alicyclic amines) is 1. The fraction of sp³-hybridized carbons (Fsp3) is 1.00. The summed E-state index contributed by atoms with van der Waals surface area (Å²) in [5, 5.41) is 3.68. The van der Waals surface area contributed by atoms with E-state index in [1.165, 1.54) is 58.2 Å². The second-order valence-corrected chi connectivity index (χ2v) is 6.46. The number of piperidine rings is 2. The highest BCUT2D eigenvalue weighted by Crippen LogP contribution is 2.19. The molecule has 3 atom stereocenters. The van der Waals surface area contributed by atoms with E-state index >= 15 is 0 Å². The predicted molar refractivity (Wildman–Crippen MR) is 78.0 cm³/mol. The fourth-order valence-electron chi connectivity index (χ4n) is 3.53. The summed E-state index contributed by atoms with van der Waals surface area (Å²) >= 11 is 0. The van der Waals surface area contributed by atoms with Crippen LogP contribution in [0.1, 0.15) is 45.4 Å². The van der Waals surface area contributed by atoms with Crippen molar-refractivity contribution < 1.29 is 0 Å². The van der Waals surface area contributed by atoms with E-state index in [0.717, 1.165) is 12.1 Å². The molecule has 0 aromatic heterocycles. The molecular weight excluding hydrogens is 222 g/mol. The monoisotopic (exact) mass is 253 g/mol. The Morgan fingerprint density at radius 2 is 2.11 bits per heavy atom. The smallest absolute Gasteiger partial charge is 0.0223 e. The Bertz CT molecular complexity index is 238. The van der Waals surface area contributed by atoms with Gasteiger partial charge in [-0.05, 0) is 66.2 Å². The van der Waals surface area contributed by atoms with E-state index in [2.05, 4.69) is 36.1 Å². The molecule has 0 radical (unpaired) electrons. The minimum Gasteiger partial charge on any atom is -0.314 e. The van der Waals surface area contributed by atoms with Gasteiger partial charge in [0.2, 0.25) is 0 Å². The quantitative estimate of drug-likeness (QED) is 0.826. The lowest BCUT2D eigenvalue weighted by Crippen LogP contribution is -2.50. The Morgan fingerprint density at radius 3 is 2.78 bits per heavy atom. The van der Waals surface area contributed by atoms with Crippen LogP contribution >= 0.6 is 0 Å². The molecule has 18 heavy (non-hydrogen) atoms. The van der Waals surface area contributed by atoms with Gasteiger partial charge in [0.05, 0.1) is 0 Å². The van der Waals surface area contributed by atoms with Gasteiger partial charge >= 0.3 is 0 Å². The molecule has 0 aromatic rings. The zero-order valence-corrected chi connectivity index (χ0v) is 12.5. The van der Waals surface area contributed by atoms with E-state index in [1.807, 2.05) is 0 Å². The van der Waals surface area contributed by atoms with Crippen LogP contribution in [0, 0.1) is 0 Å². The lowest BCUT2D eigenvalue weighted by atomic mass is 9.96. The van der Waals surface area contributed by atoms with Gasteiger partial charge in [-0.25, -0.2) is 0 Å². The van der Waals surface area contributed by atoms with E-state index in [1.54, 1.807) is 0 Å². The van der Waals surface area contributed by atoms with Gasteiger partial charge in [0.15, 0.2) is 0 Å². The number of likely N-dealkylation sites (N-methyl/N-ethyl adjacent to an activating group) is 2. The van der Waals surface area contributed by atoms with Crippen molar-refractivity contribution in [3.8, 4) is 0 Å². The molecule has 2 fully saturated rings. The molecule has 2 rings (SSSR count). The Morgan fingerprint density at radius 1 is 1.28 bits per heavy atom. The topological polar surface area (TPSA) is 18.5 Å². The number of hydrogen-bond donors (Lipinski definition) is 1. The van der Waals surface area contributed by atoms with Gasteiger partial charge in [0.25, 0.3) is 0 Å². The minimum absolute atomic E-state index is 0.706. The minimum atomic E-state index is 0.706. The first kappa shape index (κ1) is 14.3. The lowest BCUT2D eigenvalue weighted by Gasteiger charge is -2.40. The molecule has 2 aliphatic heterocycles. The van der Waals surface area contributed by atoms with Gasteiger partial charge in [-0.15, -0.1) is 0 Å². The summed E-state index contributed by atoms with van der Waals surface area (Å²) in [5.41, 5.74) is 0. The molecule has 0 bridgehead atoms. The summed E-state index contributed by atoms with van der Waals surface area (Å²) in [6, 6.07) is 2.23. The highest BCUT2D eigenvalue weighted by molar-refractivity contribution is 4.83. The molecule has 3 unspecified atom stereocenters. The summed E-state index contributed by atoms with van der Waals surface area (Å²) in [5.74, 6) is 0. The molecule has 0 spiro atoms. The molecule has 0 aliphatic carbocycles. The summed E-state index contributed by atoms with van der Waals surface area (Å²) in [6.07, 6.45) is 8.22. The van der Waals surface area contributed by atoms with E-state index in [9.17, 15) is 0 Å². The molecule has 0 saturated carbocycles. The van der Waals surface area contributed by atoms with Gasteiger partial charge in [0.1, 0.15) is 0 Å². The van der Waals surface area contributed by atoms with Gasteiger partial charge in [-0.1, -0.05) is 6.42 Å². The molecular formula is C15H31N3. The van der Waals surface area contributed by atoms with Crippen LogP contribution in [0.25, 0.3) is 0 Å². The van der Waals surface area contributed by atoms with Crippen LogP contribution in [0.15, 0.2) is 0 Å². The largest absolute Gasteiger partial charge is 0.314 e. The van der Waals surface area contributed by atoms with Crippen LogP contribution < -0.4 is 5.32 Å². The molecule has 0 aromatic carbocycles. The average Bonchev–Trinajstić information content (AvgIpc) is 2.39. The van der Waals surface area contributed by atoms with Gasteiger partial charge in [0, 0.05) is 24.7 Å². The first-order valence-corrected chi connectivity index (χ1v) is 7.80. The van der Waals surface area contributed by atoms with Crippen molar-refractivity contribution in [2.45, 2.75) is 63.6 Å². The van der Waals surface area contributed by atoms with Crippen LogP contribution in [0.3, 0.4) is 0 Å². The second kappa shape index (κ2) is 6.88. The zero-order chi connectivity index (χ0) is 13.0. The van der Waals surface area contributed by atoms with Crippen LogP contribution in [0.4, 0.5) is 0 Å². The van der Waals surface area contributed by atoms with Crippen molar-refractivity contribution in [1.29, 1.82) is 0 Å². The third-order valence-corrected chi connectivity index (χ3v) is 4.91. The zero-order valence-electron chi connectivity index (χ0n) is 12.5. The van der Waals surface area contributed by atoms with Crippen molar-refractivity contribution in [2.24, 2.45) is 0 Å². The SMILES string of the molecule is CC(CC1CCCCN1)N(C)C1CCCN(C)C1. The van der Waals surface area contributed by atoms with E-state index in [4.69, 9.17) is 0 Å². The molecule has 106 valence electrons. The van der Waals surface area contributed by atoms with E-state index in [-0.39, 0.29) is 0 Å². The third-order valence-electron chi connectivity index (χ3n) is 4.91. The Kier molecular flexibility index (Phi) is 5.46. The van der Waals surface area contributed by atoms with Crippen LogP contribution in [0.5, 0.6) is 0 Å². The third kappa shape index (κ3) is 3.94. The molecule has 2 aliphatic rings. The summed E-state index contributed by atoms with van der Waals surface area (Å²) < 4.78 is 0. The van der Waals surface area contributed by atoms with Crippen molar-refractivity contribution in [2.75, 3.05) is 33.7 Å². The van der Waals surface area contributed by atoms with Crippen molar-refractivity contribution >= 4 is 0 Å². The maximum absolute atomic E-state index is 3.68. The molecule has 3 heteroatoms. The van der Waals surface area contributed by atoms with Gasteiger partial charge in [-0.3, -0.25) is 4.90 Å². The number of nitrogens with zero attached hydrogens (tertiary/aromatic N) is 2. The highest BCUT2D eigenvalue weighted by atomic mass is 15.2. The Hall–Kier alpha value is -0.120. The predicted octanol–water partition coefficient (Wildman–Crippen LogP) is 1.93. The molecule has 0 amide bonds. The standard InChI is InChI=1S/C15H31N3/c1-13(11-14-7-4-5-9-16-14)18(3)15-8-6-10-17(2)12-15/h13-16H,4-12H2,1-3H3. The first-order chi connectivity index (χ1) is 8.66. The van der Waals surface area contributed by atoms with Crippen molar-refractivity contribution in [3.05, 3.63) is 0 Å². The molecule has 3 nitrogen and oxygen atoms in total. The Labute approximate surface area is 113 Å². The summed E-state index contributed by atoms with van der Waals surface area (Å²) in [6.45, 7) is 6.17. The number of rotatable bonds is 4. The van der Waals surface area contributed by atoms with Crippen molar-refractivity contribution in [1.82, 2.24) is 15.1 Å². The van der Waals surface area contributed by atoms with E-state index < -0.39 is 0 Å². The summed E-state index contributed by atoms with van der Waals surface area (Å²) in [4.78, 5) is 5.11. The van der Waals surface area contributed by atoms with Gasteiger partial charge in [-0.2, -0.15) is 0 Å². The first-order valence-electron chi connectivity index (χ1n) is 7.80. The lowest BCUT2D eigenvalue weighted by molar-refractivity contribution is 0.0949. The Balaban J connectivity index is 1.77. The normalized spacial score (nSPS) is 32.7. The number of hydrogen-bond acceptors (Lipinski definition) is 3. The highest BCUT2D eigenvalue weighted by Gasteiger charge is 2.26. The molecule has 1 N–H and O–H groups in total. The van der Waals surface area contributed by atoms with Crippen molar-refractivity contribution in [3.63, 3.8) is 0 Å². The average molecular weight is 253 g/mol. The number of nitrogens with one attached hydrogen (secondary N) is 1. The maximum Gasteiger partial charge on any atom is 0.0223 e. The molecule has 2 heterocycles. The summed E-state index contributed by atoms with van der Waals surface area (Å²) in [7, 11) is 4.59. The fourth-order valence-corrected chi connectivity index (χ4v) is 3.53. The van der Waals surface area contributed by atoms with Gasteiger partial charge < -0.3 is 10.2 Å². The molecule has 2 saturated heterocycles. The van der Waals surface area contributed by atoms with Crippen LogP contribution in [0.2, 0.25) is 0 Å². The van der Waals surface area contributed by atoms with Crippen LogP contribution in [-0.2, 0) is 0 Å². The van der Waals surface area contributed by atoms with Crippen LogP contribution in [-0.4, -0.2) is 61.7 Å².